The Hall–Kier alpha value is -1.94. The number of anilines is 1. The van der Waals surface area contributed by atoms with Gasteiger partial charge in [-0.3, -0.25) is 4.98 Å². The average molecular weight is 274 g/mol. The summed E-state index contributed by atoms with van der Waals surface area (Å²) in [7, 11) is 0. The molecule has 1 aromatic heterocycles. The Morgan fingerprint density at radius 3 is 2.55 bits per heavy atom. The van der Waals surface area contributed by atoms with E-state index in [0.717, 1.165) is 17.8 Å². The molecule has 4 heteroatoms. The van der Waals surface area contributed by atoms with E-state index < -0.39 is 6.10 Å². The molecule has 1 N–H and O–H groups in total. The number of benzene rings is 1. The number of aliphatic hydroxyl groups is 1. The molecule has 1 atom stereocenters. The third kappa shape index (κ3) is 3.33. The first kappa shape index (κ1) is 14.5. The van der Waals surface area contributed by atoms with E-state index in [2.05, 4.69) is 9.88 Å². The molecule has 0 radical (unpaired) electrons. The van der Waals surface area contributed by atoms with Crippen LogP contribution in [0.15, 0.2) is 42.7 Å². The van der Waals surface area contributed by atoms with E-state index >= 15 is 0 Å². The molecule has 0 fully saturated rings. The van der Waals surface area contributed by atoms with Crippen molar-refractivity contribution in [1.82, 2.24) is 4.98 Å². The molecule has 106 valence electrons. The Morgan fingerprint density at radius 1 is 1.25 bits per heavy atom. The van der Waals surface area contributed by atoms with E-state index in [0.29, 0.717) is 12.1 Å². The minimum absolute atomic E-state index is 0.329. The lowest BCUT2D eigenvalue weighted by Gasteiger charge is -2.26. The van der Waals surface area contributed by atoms with Gasteiger partial charge in [0.15, 0.2) is 0 Å². The zero-order valence-corrected chi connectivity index (χ0v) is 11.8. The standard InChI is InChI=1S/C16H19FN2O/c1-3-19(11-13-6-8-18-9-7-13)16-5-4-14(17)10-15(16)12(2)20/h4-10,12,20H,3,11H2,1-2H3. The molecule has 0 aliphatic carbocycles. The van der Waals surface area contributed by atoms with Gasteiger partial charge >= 0.3 is 0 Å². The summed E-state index contributed by atoms with van der Waals surface area (Å²) in [6, 6.07) is 8.45. The zero-order valence-electron chi connectivity index (χ0n) is 11.8. The molecule has 0 saturated carbocycles. The highest BCUT2D eigenvalue weighted by atomic mass is 19.1. The van der Waals surface area contributed by atoms with Crippen molar-refractivity contribution in [2.75, 3.05) is 11.4 Å². The predicted octanol–water partition coefficient (Wildman–Crippen LogP) is 3.30. The van der Waals surface area contributed by atoms with Crippen molar-refractivity contribution < 1.29 is 9.50 Å². The molecule has 0 amide bonds. The molecule has 2 aromatic rings. The van der Waals surface area contributed by atoms with Gasteiger partial charge in [-0.15, -0.1) is 0 Å². The highest BCUT2D eigenvalue weighted by molar-refractivity contribution is 5.55. The third-order valence-electron chi connectivity index (χ3n) is 3.28. The number of aromatic nitrogens is 1. The van der Waals surface area contributed by atoms with Crippen LogP contribution in [0.1, 0.15) is 31.1 Å². The van der Waals surface area contributed by atoms with Crippen LogP contribution < -0.4 is 4.90 Å². The summed E-state index contributed by atoms with van der Waals surface area (Å²) in [4.78, 5) is 6.11. The van der Waals surface area contributed by atoms with Crippen molar-refractivity contribution in [3.8, 4) is 0 Å². The number of hydrogen-bond acceptors (Lipinski definition) is 3. The zero-order chi connectivity index (χ0) is 14.5. The molecular formula is C16H19FN2O. The summed E-state index contributed by atoms with van der Waals surface area (Å²) in [5.74, 6) is -0.329. The molecule has 3 nitrogen and oxygen atoms in total. The molecule has 1 heterocycles. The van der Waals surface area contributed by atoms with Crippen LogP contribution in [0.2, 0.25) is 0 Å². The molecule has 20 heavy (non-hydrogen) atoms. The molecule has 0 bridgehead atoms. The van der Waals surface area contributed by atoms with Crippen molar-refractivity contribution in [1.29, 1.82) is 0 Å². The fourth-order valence-electron chi connectivity index (χ4n) is 2.22. The highest BCUT2D eigenvalue weighted by Gasteiger charge is 2.14. The van der Waals surface area contributed by atoms with Gasteiger partial charge in [0.25, 0.3) is 0 Å². The summed E-state index contributed by atoms with van der Waals surface area (Å²) in [5, 5.41) is 9.84. The van der Waals surface area contributed by atoms with E-state index in [1.165, 1.54) is 12.1 Å². The maximum atomic E-state index is 13.4. The Morgan fingerprint density at radius 2 is 1.95 bits per heavy atom. The Bertz CT molecular complexity index is 558. The van der Waals surface area contributed by atoms with Gasteiger partial charge in [-0.05, 0) is 49.7 Å². The Labute approximate surface area is 118 Å². The van der Waals surface area contributed by atoms with Crippen molar-refractivity contribution >= 4 is 5.69 Å². The second-order valence-electron chi connectivity index (χ2n) is 4.75. The van der Waals surface area contributed by atoms with Crippen molar-refractivity contribution in [3.63, 3.8) is 0 Å². The first-order valence-corrected chi connectivity index (χ1v) is 6.73. The largest absolute Gasteiger partial charge is 0.389 e. The Balaban J connectivity index is 2.32. The molecule has 0 saturated heterocycles. The van der Waals surface area contributed by atoms with Gasteiger partial charge in [-0.2, -0.15) is 0 Å². The van der Waals surface area contributed by atoms with E-state index in [9.17, 15) is 9.50 Å². The van der Waals surface area contributed by atoms with Crippen LogP contribution in [-0.2, 0) is 6.54 Å². The number of halogens is 1. The lowest BCUT2D eigenvalue weighted by atomic mass is 10.1. The van der Waals surface area contributed by atoms with Gasteiger partial charge in [-0.25, -0.2) is 4.39 Å². The lowest BCUT2D eigenvalue weighted by Crippen LogP contribution is -2.23. The van der Waals surface area contributed by atoms with Crippen LogP contribution >= 0.6 is 0 Å². The van der Waals surface area contributed by atoms with Crippen LogP contribution in [0.3, 0.4) is 0 Å². The van der Waals surface area contributed by atoms with E-state index in [1.54, 1.807) is 25.4 Å². The summed E-state index contributed by atoms with van der Waals surface area (Å²) in [6.45, 7) is 5.16. The molecule has 1 aromatic carbocycles. The maximum absolute atomic E-state index is 13.4. The number of rotatable bonds is 5. The first-order valence-electron chi connectivity index (χ1n) is 6.73. The van der Waals surface area contributed by atoms with Gasteiger partial charge in [0.2, 0.25) is 0 Å². The SMILES string of the molecule is CCN(Cc1ccncc1)c1ccc(F)cc1C(C)O. The quantitative estimate of drug-likeness (QED) is 0.908. The van der Waals surface area contributed by atoms with Crippen LogP contribution in [0.25, 0.3) is 0 Å². The monoisotopic (exact) mass is 274 g/mol. The molecular weight excluding hydrogens is 255 g/mol. The van der Waals surface area contributed by atoms with Crippen LogP contribution in [0, 0.1) is 5.82 Å². The van der Waals surface area contributed by atoms with Crippen molar-refractivity contribution in [3.05, 3.63) is 59.7 Å². The summed E-state index contributed by atoms with van der Waals surface area (Å²) in [6.07, 6.45) is 2.81. The summed E-state index contributed by atoms with van der Waals surface area (Å²) < 4.78 is 13.4. The Kier molecular flexibility index (Phi) is 4.69. The smallest absolute Gasteiger partial charge is 0.123 e. The fraction of sp³-hybridized carbons (Fsp3) is 0.312. The average Bonchev–Trinajstić information content (AvgIpc) is 2.46. The molecule has 1 unspecified atom stereocenters. The van der Waals surface area contributed by atoms with Gasteiger partial charge in [0, 0.05) is 36.7 Å². The highest BCUT2D eigenvalue weighted by Crippen LogP contribution is 2.28. The topological polar surface area (TPSA) is 36.4 Å². The second-order valence-corrected chi connectivity index (χ2v) is 4.75. The van der Waals surface area contributed by atoms with Crippen LogP contribution in [0.5, 0.6) is 0 Å². The fourth-order valence-corrected chi connectivity index (χ4v) is 2.22. The number of nitrogens with zero attached hydrogens (tertiary/aromatic N) is 2. The number of aliphatic hydroxyl groups excluding tert-OH is 1. The summed E-state index contributed by atoms with van der Waals surface area (Å²) >= 11 is 0. The third-order valence-corrected chi connectivity index (χ3v) is 3.28. The van der Waals surface area contributed by atoms with Crippen LogP contribution in [0.4, 0.5) is 10.1 Å². The van der Waals surface area contributed by atoms with E-state index in [1.807, 2.05) is 19.1 Å². The maximum Gasteiger partial charge on any atom is 0.123 e. The van der Waals surface area contributed by atoms with E-state index in [4.69, 9.17) is 0 Å². The summed E-state index contributed by atoms with van der Waals surface area (Å²) in [5.41, 5.74) is 2.60. The van der Waals surface area contributed by atoms with Crippen molar-refractivity contribution in [2.45, 2.75) is 26.5 Å². The minimum atomic E-state index is -0.702. The number of hydrogen-bond donors (Lipinski definition) is 1. The number of pyridine rings is 1. The van der Waals surface area contributed by atoms with Crippen LogP contribution in [-0.4, -0.2) is 16.6 Å². The second kappa shape index (κ2) is 6.48. The van der Waals surface area contributed by atoms with Gasteiger partial charge < -0.3 is 10.0 Å². The first-order chi connectivity index (χ1) is 9.61. The molecule has 0 spiro atoms. The molecule has 2 rings (SSSR count). The molecule has 0 aliphatic heterocycles. The lowest BCUT2D eigenvalue weighted by molar-refractivity contribution is 0.199. The normalized spacial score (nSPS) is 12.2. The van der Waals surface area contributed by atoms with Gasteiger partial charge in [0.05, 0.1) is 6.10 Å². The van der Waals surface area contributed by atoms with Gasteiger partial charge in [0.1, 0.15) is 5.82 Å². The molecule has 0 aliphatic rings. The minimum Gasteiger partial charge on any atom is -0.389 e. The van der Waals surface area contributed by atoms with Crippen molar-refractivity contribution in [2.24, 2.45) is 0 Å². The van der Waals surface area contributed by atoms with E-state index in [-0.39, 0.29) is 5.82 Å². The predicted molar refractivity (Wildman–Crippen MR) is 78.0 cm³/mol. The van der Waals surface area contributed by atoms with Gasteiger partial charge in [-0.1, -0.05) is 0 Å².